The zero-order chi connectivity index (χ0) is 34.7. The summed E-state index contributed by atoms with van der Waals surface area (Å²) in [6, 6.07) is 9.37. The lowest BCUT2D eigenvalue weighted by molar-refractivity contribution is -0.137. The van der Waals surface area contributed by atoms with Gasteiger partial charge in [0.2, 0.25) is 0 Å². The number of amides is 2. The SMILES string of the molecule is C=CCCCCCCN(C)C(=O)c1ccc(CCSN2CCC3(CC2)N=C(c2cc(OCCC=C)cc(C(F)(F)F)c2)NC3=O)c(C)c1. The molecule has 7 nitrogen and oxygen atoms in total. The molecule has 2 aliphatic heterocycles. The molecule has 2 heterocycles. The van der Waals surface area contributed by atoms with Gasteiger partial charge >= 0.3 is 6.18 Å². The van der Waals surface area contributed by atoms with Crippen LogP contribution in [-0.4, -0.2) is 71.4 Å². The molecule has 4 rings (SSSR count). The van der Waals surface area contributed by atoms with Crippen LogP contribution in [0.4, 0.5) is 13.2 Å². The second-order valence-corrected chi connectivity index (χ2v) is 13.7. The van der Waals surface area contributed by atoms with E-state index >= 15 is 0 Å². The molecule has 0 saturated carbocycles. The molecule has 2 aliphatic rings. The van der Waals surface area contributed by atoms with Gasteiger partial charge in [-0.25, -0.2) is 0 Å². The van der Waals surface area contributed by atoms with Crippen molar-refractivity contribution in [1.82, 2.24) is 14.5 Å². The quantitative estimate of drug-likeness (QED) is 0.105. The zero-order valence-electron chi connectivity index (χ0n) is 28.0. The van der Waals surface area contributed by atoms with Crippen LogP contribution in [0.3, 0.4) is 0 Å². The van der Waals surface area contributed by atoms with Crippen molar-refractivity contribution in [1.29, 1.82) is 0 Å². The second kappa shape index (κ2) is 17.2. The van der Waals surface area contributed by atoms with E-state index in [9.17, 15) is 22.8 Å². The van der Waals surface area contributed by atoms with Gasteiger partial charge in [0.15, 0.2) is 0 Å². The highest BCUT2D eigenvalue weighted by Gasteiger charge is 2.46. The molecule has 48 heavy (non-hydrogen) atoms. The van der Waals surface area contributed by atoms with Gasteiger partial charge < -0.3 is 15.0 Å². The Morgan fingerprint density at radius 2 is 1.81 bits per heavy atom. The highest BCUT2D eigenvalue weighted by molar-refractivity contribution is 7.97. The summed E-state index contributed by atoms with van der Waals surface area (Å²) >= 11 is 1.71. The molecular formula is C37H47F3N4O3S. The number of hydrogen-bond acceptors (Lipinski definition) is 6. The zero-order valence-corrected chi connectivity index (χ0v) is 28.9. The van der Waals surface area contributed by atoms with Crippen molar-refractivity contribution in [2.75, 3.05) is 39.0 Å². The molecule has 11 heteroatoms. The minimum Gasteiger partial charge on any atom is -0.493 e. The van der Waals surface area contributed by atoms with E-state index in [1.54, 1.807) is 22.9 Å². The van der Waals surface area contributed by atoms with Gasteiger partial charge in [0.25, 0.3) is 11.8 Å². The molecule has 0 atom stereocenters. The lowest BCUT2D eigenvalue weighted by Crippen LogP contribution is -2.47. The maximum absolute atomic E-state index is 13.7. The number of hydrogen-bond donors (Lipinski definition) is 1. The van der Waals surface area contributed by atoms with Gasteiger partial charge in [-0.15, -0.1) is 13.2 Å². The Labute approximate surface area is 286 Å². The van der Waals surface area contributed by atoms with Crippen LogP contribution in [0.5, 0.6) is 5.75 Å². The molecular weight excluding hydrogens is 637 g/mol. The van der Waals surface area contributed by atoms with Crippen molar-refractivity contribution < 1.29 is 27.5 Å². The Hall–Kier alpha value is -3.57. The summed E-state index contributed by atoms with van der Waals surface area (Å²) < 4.78 is 48.7. The highest BCUT2D eigenvalue weighted by atomic mass is 32.2. The molecule has 2 aromatic carbocycles. The number of carbonyl (C=O) groups excluding carboxylic acids is 2. The fourth-order valence-electron chi connectivity index (χ4n) is 5.93. The molecule has 2 amide bonds. The fourth-order valence-corrected chi connectivity index (χ4v) is 6.94. The number of benzene rings is 2. The van der Waals surface area contributed by atoms with Gasteiger partial charge in [0, 0.05) is 43.6 Å². The summed E-state index contributed by atoms with van der Waals surface area (Å²) in [7, 11) is 1.86. The maximum atomic E-state index is 13.7. The van der Waals surface area contributed by atoms with Crippen molar-refractivity contribution in [3.8, 4) is 5.75 Å². The van der Waals surface area contributed by atoms with Crippen LogP contribution in [0.15, 0.2) is 66.7 Å². The molecule has 260 valence electrons. The summed E-state index contributed by atoms with van der Waals surface area (Å²) in [5.41, 5.74) is 1.30. The van der Waals surface area contributed by atoms with Crippen LogP contribution >= 0.6 is 11.9 Å². The Kier molecular flexibility index (Phi) is 13.3. The van der Waals surface area contributed by atoms with Crippen LogP contribution < -0.4 is 10.1 Å². The molecule has 0 radical (unpaired) electrons. The predicted molar refractivity (Wildman–Crippen MR) is 188 cm³/mol. The summed E-state index contributed by atoms with van der Waals surface area (Å²) in [4.78, 5) is 32.6. The third-order valence-corrected chi connectivity index (χ3v) is 9.98. The van der Waals surface area contributed by atoms with Crippen molar-refractivity contribution in [2.45, 2.75) is 76.4 Å². The van der Waals surface area contributed by atoms with Crippen LogP contribution in [0.25, 0.3) is 0 Å². The van der Waals surface area contributed by atoms with Gasteiger partial charge in [-0.05, 0) is 93.3 Å². The van der Waals surface area contributed by atoms with Crippen molar-refractivity contribution in [3.05, 3.63) is 89.5 Å². The Balaban J connectivity index is 1.28. The molecule has 1 spiro atoms. The first-order valence-corrected chi connectivity index (χ1v) is 17.6. The van der Waals surface area contributed by atoms with E-state index in [0.717, 1.165) is 68.5 Å². The van der Waals surface area contributed by atoms with Crippen molar-refractivity contribution in [2.24, 2.45) is 4.99 Å². The van der Waals surface area contributed by atoms with E-state index in [1.165, 1.54) is 11.6 Å². The number of nitrogens with zero attached hydrogens (tertiary/aromatic N) is 3. The van der Waals surface area contributed by atoms with Gasteiger partial charge in [-0.3, -0.25) is 18.9 Å². The molecule has 2 aromatic rings. The van der Waals surface area contributed by atoms with E-state index in [-0.39, 0.29) is 35.6 Å². The van der Waals surface area contributed by atoms with Crippen molar-refractivity contribution in [3.63, 3.8) is 0 Å². The Morgan fingerprint density at radius 3 is 2.50 bits per heavy atom. The number of nitrogens with one attached hydrogen (secondary N) is 1. The molecule has 1 saturated heterocycles. The number of aryl methyl sites for hydroxylation is 2. The average molecular weight is 685 g/mol. The first-order valence-electron chi connectivity index (χ1n) is 16.7. The summed E-state index contributed by atoms with van der Waals surface area (Å²) in [6.45, 7) is 11.6. The number of alkyl halides is 3. The van der Waals surface area contributed by atoms with Gasteiger partial charge in [-0.2, -0.15) is 13.2 Å². The molecule has 0 aromatic heterocycles. The largest absolute Gasteiger partial charge is 0.493 e. The van der Waals surface area contributed by atoms with Gasteiger partial charge in [0.1, 0.15) is 17.1 Å². The Morgan fingerprint density at radius 1 is 1.08 bits per heavy atom. The first kappa shape index (κ1) is 37.3. The topological polar surface area (TPSA) is 74.2 Å². The van der Waals surface area contributed by atoms with E-state index in [2.05, 4.69) is 27.8 Å². The molecule has 1 N–H and O–H groups in total. The third kappa shape index (κ3) is 9.98. The third-order valence-electron chi connectivity index (χ3n) is 8.86. The summed E-state index contributed by atoms with van der Waals surface area (Å²) in [5.74, 6) is 0.804. The minimum atomic E-state index is -4.57. The maximum Gasteiger partial charge on any atom is 0.416 e. The number of unbranched alkanes of at least 4 members (excludes halogenated alkanes) is 4. The van der Waals surface area contributed by atoms with Crippen LogP contribution in [-0.2, 0) is 17.4 Å². The number of piperidine rings is 1. The number of halogens is 3. The molecule has 1 fully saturated rings. The van der Waals surface area contributed by atoms with Crippen molar-refractivity contribution >= 4 is 29.6 Å². The number of aliphatic imine (C=N–C) groups is 1. The number of carbonyl (C=O) groups is 2. The first-order chi connectivity index (χ1) is 23.0. The normalized spacial score (nSPS) is 16.0. The molecule has 0 bridgehead atoms. The molecule has 0 unspecified atom stereocenters. The number of allylic oxidation sites excluding steroid dienone is 1. The highest BCUT2D eigenvalue weighted by Crippen LogP contribution is 2.36. The second-order valence-electron chi connectivity index (χ2n) is 12.5. The van der Waals surface area contributed by atoms with E-state index in [1.807, 2.05) is 38.2 Å². The van der Waals surface area contributed by atoms with E-state index in [0.29, 0.717) is 37.9 Å². The lowest BCUT2D eigenvalue weighted by Gasteiger charge is -2.34. The average Bonchev–Trinajstić information content (AvgIpc) is 3.38. The standard InChI is InChI=1S/C37H47F3N4O3S/c1-5-7-9-10-11-12-18-43(4)34(45)29-14-13-28(27(3)23-29)15-22-48-44-19-16-36(17-20-44)35(46)41-33(42-36)30-24-31(37(38,39)40)26-32(25-30)47-21-8-6-2/h5-6,13-14,23-26H,1-2,7-12,15-22H2,3-4H3,(H,41,42,46). The van der Waals surface area contributed by atoms with E-state index in [4.69, 9.17) is 4.74 Å². The number of amidine groups is 1. The predicted octanol–water partition coefficient (Wildman–Crippen LogP) is 7.78. The lowest BCUT2D eigenvalue weighted by atomic mass is 9.89. The van der Waals surface area contributed by atoms with E-state index < -0.39 is 17.3 Å². The summed E-state index contributed by atoms with van der Waals surface area (Å²) in [6.07, 6.45) is 6.69. The molecule has 0 aliphatic carbocycles. The van der Waals surface area contributed by atoms with Gasteiger partial charge in [0.05, 0.1) is 12.2 Å². The summed E-state index contributed by atoms with van der Waals surface area (Å²) in [5, 5.41) is 2.74. The Bertz CT molecular complexity index is 1480. The smallest absolute Gasteiger partial charge is 0.416 e. The monoisotopic (exact) mass is 684 g/mol. The van der Waals surface area contributed by atoms with Crippen LogP contribution in [0.1, 0.15) is 84.0 Å². The minimum absolute atomic E-state index is 0.0412. The van der Waals surface area contributed by atoms with Gasteiger partial charge in [-0.1, -0.05) is 43.0 Å². The number of rotatable bonds is 17. The fraction of sp³-hybridized carbons (Fsp3) is 0.486. The van der Waals surface area contributed by atoms with Crippen LogP contribution in [0, 0.1) is 6.92 Å². The van der Waals surface area contributed by atoms with Crippen LogP contribution in [0.2, 0.25) is 0 Å². The number of ether oxygens (including phenoxy) is 1.